The van der Waals surface area contributed by atoms with Gasteiger partial charge in [-0.2, -0.15) is 0 Å². The molecule has 1 N–H and O–H groups in total. The van der Waals surface area contributed by atoms with Crippen LogP contribution in [0.3, 0.4) is 0 Å². The van der Waals surface area contributed by atoms with Crippen molar-refractivity contribution < 1.29 is 9.26 Å². The minimum Gasteiger partial charge on any atom is -0.379 e. The fourth-order valence-corrected chi connectivity index (χ4v) is 4.06. The molecule has 0 aromatic carbocycles. The van der Waals surface area contributed by atoms with Crippen LogP contribution in [0.2, 0.25) is 0 Å². The summed E-state index contributed by atoms with van der Waals surface area (Å²) in [7, 11) is 0. The first-order valence-corrected chi connectivity index (χ1v) is 10.6. The normalized spacial score (nSPS) is 21.2. The van der Waals surface area contributed by atoms with Crippen LogP contribution in [0.1, 0.15) is 57.4 Å². The van der Waals surface area contributed by atoms with Crippen molar-refractivity contribution in [3.63, 3.8) is 0 Å². The highest BCUT2D eigenvalue weighted by atomic mass is 127. The Bertz CT molecular complexity index is 599. The van der Waals surface area contributed by atoms with Gasteiger partial charge in [0.25, 0.3) is 0 Å². The fourth-order valence-electron chi connectivity index (χ4n) is 4.06. The third-order valence-electron chi connectivity index (χ3n) is 5.73. The highest BCUT2D eigenvalue weighted by Crippen LogP contribution is 2.23. The van der Waals surface area contributed by atoms with Crippen molar-refractivity contribution in [1.82, 2.24) is 20.3 Å². The Morgan fingerprint density at radius 1 is 1.25 bits per heavy atom. The first kappa shape index (κ1) is 23.4. The van der Waals surface area contributed by atoms with Crippen molar-refractivity contribution in [3.05, 3.63) is 17.5 Å². The molecular weight excluding hydrogens is 469 g/mol. The molecule has 0 spiro atoms. The van der Waals surface area contributed by atoms with E-state index in [9.17, 15) is 0 Å². The Balaban J connectivity index is 0.00000280. The molecule has 1 aromatic heterocycles. The molecule has 8 heteroatoms. The van der Waals surface area contributed by atoms with Gasteiger partial charge in [-0.15, -0.1) is 24.0 Å². The minimum absolute atomic E-state index is 0. The average molecular weight is 505 g/mol. The summed E-state index contributed by atoms with van der Waals surface area (Å²) in [6, 6.07) is 2.68. The van der Waals surface area contributed by atoms with Crippen molar-refractivity contribution >= 4 is 29.9 Å². The lowest BCUT2D eigenvalue weighted by Gasteiger charge is -2.32. The molecule has 2 fully saturated rings. The summed E-state index contributed by atoms with van der Waals surface area (Å²) in [6.07, 6.45) is 3.36. The van der Waals surface area contributed by atoms with E-state index < -0.39 is 0 Å². The third kappa shape index (κ3) is 6.06. The predicted molar refractivity (Wildman–Crippen MR) is 122 cm³/mol. The second kappa shape index (κ2) is 12.0. The van der Waals surface area contributed by atoms with Crippen LogP contribution in [0.5, 0.6) is 0 Å². The number of nitrogens with zero attached hydrogens (tertiary/aromatic N) is 4. The second-order valence-electron chi connectivity index (χ2n) is 7.44. The van der Waals surface area contributed by atoms with Crippen molar-refractivity contribution in [2.75, 3.05) is 45.9 Å². The van der Waals surface area contributed by atoms with E-state index in [1.807, 2.05) is 0 Å². The summed E-state index contributed by atoms with van der Waals surface area (Å²) in [6.45, 7) is 13.8. The lowest BCUT2D eigenvalue weighted by Crippen LogP contribution is -2.46. The molecule has 0 radical (unpaired) electrons. The first-order valence-electron chi connectivity index (χ1n) is 10.6. The molecule has 0 saturated carbocycles. The highest BCUT2D eigenvalue weighted by molar-refractivity contribution is 14.0. The van der Waals surface area contributed by atoms with Gasteiger partial charge in [-0.05, 0) is 26.2 Å². The van der Waals surface area contributed by atoms with Gasteiger partial charge in [-0.25, -0.2) is 4.99 Å². The minimum atomic E-state index is 0. The van der Waals surface area contributed by atoms with Gasteiger partial charge in [0.15, 0.2) is 11.7 Å². The lowest BCUT2D eigenvalue weighted by atomic mass is 9.99. The first-order chi connectivity index (χ1) is 13.2. The molecule has 0 bridgehead atoms. The summed E-state index contributed by atoms with van der Waals surface area (Å²) in [4.78, 5) is 9.76. The Morgan fingerprint density at radius 3 is 2.68 bits per heavy atom. The summed E-state index contributed by atoms with van der Waals surface area (Å²) in [5.74, 6) is 2.30. The average Bonchev–Trinajstić information content (AvgIpc) is 3.37. The molecule has 3 rings (SSSR count). The van der Waals surface area contributed by atoms with E-state index in [0.29, 0.717) is 18.5 Å². The van der Waals surface area contributed by atoms with E-state index in [1.54, 1.807) is 0 Å². The Labute approximate surface area is 186 Å². The number of guanidine groups is 1. The molecule has 0 amide bonds. The summed E-state index contributed by atoms with van der Waals surface area (Å²) >= 11 is 0. The maximum atomic E-state index is 5.53. The van der Waals surface area contributed by atoms with Crippen LogP contribution in [0, 0.1) is 0 Å². The largest absolute Gasteiger partial charge is 0.379 e. The third-order valence-corrected chi connectivity index (χ3v) is 5.73. The molecule has 0 aliphatic carbocycles. The van der Waals surface area contributed by atoms with Crippen molar-refractivity contribution in [3.8, 4) is 0 Å². The Hall–Kier alpha value is -0.870. The molecule has 1 unspecified atom stereocenters. The number of halogens is 1. The zero-order valence-corrected chi connectivity index (χ0v) is 19.9. The smallest absolute Gasteiger partial charge is 0.194 e. The molecule has 1 aromatic rings. The molecule has 160 valence electrons. The highest BCUT2D eigenvalue weighted by Gasteiger charge is 2.30. The maximum absolute atomic E-state index is 5.53. The summed E-state index contributed by atoms with van der Waals surface area (Å²) in [5.41, 5.74) is 1.06. The number of ether oxygens (including phenoxy) is 1. The number of aliphatic imine (C=N–C) groups is 1. The monoisotopic (exact) mass is 505 g/mol. The van der Waals surface area contributed by atoms with E-state index in [0.717, 1.165) is 76.2 Å². The molecule has 2 saturated heterocycles. The maximum Gasteiger partial charge on any atom is 0.194 e. The van der Waals surface area contributed by atoms with Gasteiger partial charge in [0.05, 0.1) is 18.9 Å². The van der Waals surface area contributed by atoms with E-state index in [-0.39, 0.29) is 24.0 Å². The molecule has 2 aliphatic rings. The quantitative estimate of drug-likeness (QED) is 0.349. The molecular formula is C20H36IN5O2. The number of morpholine rings is 1. The predicted octanol–water partition coefficient (Wildman–Crippen LogP) is 3.07. The Morgan fingerprint density at radius 2 is 2.00 bits per heavy atom. The number of hydrogen-bond acceptors (Lipinski definition) is 5. The van der Waals surface area contributed by atoms with Crippen LogP contribution >= 0.6 is 24.0 Å². The van der Waals surface area contributed by atoms with Crippen LogP contribution in [0.15, 0.2) is 15.6 Å². The molecule has 7 nitrogen and oxygen atoms in total. The summed E-state index contributed by atoms with van der Waals surface area (Å²) < 4.78 is 11.0. The molecule has 2 aliphatic heterocycles. The van der Waals surface area contributed by atoms with Gasteiger partial charge in [0, 0.05) is 50.7 Å². The van der Waals surface area contributed by atoms with Crippen molar-refractivity contribution in [2.45, 2.75) is 58.5 Å². The van der Waals surface area contributed by atoms with Gasteiger partial charge in [0.1, 0.15) is 6.54 Å². The number of nitrogens with one attached hydrogen (secondary N) is 1. The van der Waals surface area contributed by atoms with Gasteiger partial charge in [0.2, 0.25) is 0 Å². The zero-order chi connectivity index (χ0) is 19.1. The number of rotatable bonds is 7. The molecule has 28 heavy (non-hydrogen) atoms. The van der Waals surface area contributed by atoms with E-state index in [4.69, 9.17) is 14.3 Å². The standard InChI is InChI=1S/C20H35N5O2.HI/c1-4-16(5-2)19-13-18(27-23-19)14-22-20(21-6-3)25-8-7-17(15-25)24-9-11-26-12-10-24;/h13,16-17H,4-12,14-15H2,1-3H3,(H,21,22);1H. The van der Waals surface area contributed by atoms with E-state index in [1.165, 1.54) is 6.42 Å². The van der Waals surface area contributed by atoms with E-state index in [2.05, 4.69) is 47.1 Å². The van der Waals surface area contributed by atoms with Gasteiger partial charge < -0.3 is 19.5 Å². The number of likely N-dealkylation sites (tertiary alicyclic amines) is 1. The van der Waals surface area contributed by atoms with E-state index >= 15 is 0 Å². The van der Waals surface area contributed by atoms with Crippen LogP contribution in [0.25, 0.3) is 0 Å². The number of hydrogen-bond donors (Lipinski definition) is 1. The lowest BCUT2D eigenvalue weighted by molar-refractivity contribution is 0.0195. The van der Waals surface area contributed by atoms with Crippen LogP contribution < -0.4 is 5.32 Å². The van der Waals surface area contributed by atoms with Crippen molar-refractivity contribution in [1.29, 1.82) is 0 Å². The van der Waals surface area contributed by atoms with Gasteiger partial charge in [-0.3, -0.25) is 4.90 Å². The second-order valence-corrected chi connectivity index (χ2v) is 7.44. The van der Waals surface area contributed by atoms with Crippen LogP contribution in [-0.2, 0) is 11.3 Å². The molecule has 1 atom stereocenters. The topological polar surface area (TPSA) is 66.1 Å². The zero-order valence-electron chi connectivity index (χ0n) is 17.5. The van der Waals surface area contributed by atoms with Gasteiger partial charge in [-0.1, -0.05) is 19.0 Å². The Kier molecular flexibility index (Phi) is 10.0. The van der Waals surface area contributed by atoms with Crippen LogP contribution in [-0.4, -0.2) is 72.9 Å². The fraction of sp³-hybridized carbons (Fsp3) is 0.800. The number of aromatic nitrogens is 1. The van der Waals surface area contributed by atoms with Crippen LogP contribution in [0.4, 0.5) is 0 Å². The van der Waals surface area contributed by atoms with Gasteiger partial charge >= 0.3 is 0 Å². The summed E-state index contributed by atoms with van der Waals surface area (Å²) in [5, 5.41) is 7.70. The van der Waals surface area contributed by atoms with Crippen molar-refractivity contribution in [2.24, 2.45) is 4.99 Å². The molecule has 3 heterocycles. The SMILES string of the molecule is CCNC(=NCc1cc(C(CC)CC)no1)N1CCC(N2CCOCC2)C1.I.